The van der Waals surface area contributed by atoms with Crippen LogP contribution in [0, 0.1) is 29.6 Å². The Hall–Kier alpha value is -5.75. The topological polar surface area (TPSA) is 259 Å². The normalized spacial score (nSPS) is 31.0. The van der Waals surface area contributed by atoms with Crippen molar-refractivity contribution in [2.45, 2.75) is 236 Å². The predicted molar refractivity (Wildman–Crippen MR) is 324 cm³/mol. The maximum Gasteiger partial charge on any atom is 0.393 e. The minimum Gasteiger partial charge on any atom is -0.351 e. The van der Waals surface area contributed by atoms with Gasteiger partial charge in [0.15, 0.2) is 0 Å². The molecule has 498 valence electrons. The monoisotopic (exact) mass is 1270 g/mol. The number of rotatable bonds is 8. The molecule has 2 saturated heterocycles. The first-order chi connectivity index (χ1) is 41.1. The van der Waals surface area contributed by atoms with Crippen molar-refractivity contribution >= 4 is 76.6 Å². The van der Waals surface area contributed by atoms with Gasteiger partial charge < -0.3 is 55.6 Å². The molecular formula is C62H101ClF3N11O11. The highest BCUT2D eigenvalue weighted by atomic mass is 35.5. The molecule has 1 spiro atoms. The van der Waals surface area contributed by atoms with Crippen molar-refractivity contribution in [2.75, 3.05) is 61.9 Å². The van der Waals surface area contributed by atoms with E-state index in [2.05, 4.69) is 21.3 Å². The Morgan fingerprint density at radius 1 is 0.602 bits per heavy atom. The highest BCUT2D eigenvalue weighted by Gasteiger charge is 2.51. The predicted octanol–water partition coefficient (Wildman–Crippen LogP) is 4.59. The van der Waals surface area contributed by atoms with E-state index in [1.807, 2.05) is 6.92 Å². The van der Waals surface area contributed by atoms with Crippen LogP contribution in [-0.2, 0) is 52.7 Å². The van der Waals surface area contributed by atoms with Crippen molar-refractivity contribution in [1.82, 2.24) is 55.6 Å². The molecule has 0 radical (unpaired) electrons. The molecule has 3 saturated carbocycles. The van der Waals surface area contributed by atoms with Crippen LogP contribution >= 0.6 is 11.6 Å². The number of likely N-dealkylation sites (N-methyl/N-ethyl adjacent to an activating group) is 6. The van der Waals surface area contributed by atoms with E-state index >= 15 is 4.79 Å². The zero-order chi connectivity index (χ0) is 65.9. The van der Waals surface area contributed by atoms with E-state index in [0.717, 1.165) is 41.9 Å². The van der Waals surface area contributed by atoms with Gasteiger partial charge in [-0.15, -0.1) is 11.6 Å². The first-order valence-electron chi connectivity index (χ1n) is 31.9. The SMILES string of the molecule is CC[C@H](C)[C@@H]1NC(=O)[C@H](C)N(C)C(=O)C[C@@H](C)NC(=O)[C@H](C(C)C)N(C)C(=O)C2(CCCC2)NC(=O)[C@@H]2CCCN2C(=O)[C@H](CCC2CCC(C(F)(F)F)C(Cl)C2)NC(=O)[C@@H](C)N(C)C(=O)[C@H](CC2CCCCC2)N(C)C(=O)CN(C)C(=O)CN(C)C1=O. The average molecular weight is 1270 g/mol. The number of hydrogen-bond acceptors (Lipinski definition) is 11. The number of amides is 11. The summed E-state index contributed by atoms with van der Waals surface area (Å²) in [4.78, 5) is 167. The highest BCUT2D eigenvalue weighted by Crippen LogP contribution is 2.44. The molecule has 2 aliphatic heterocycles. The second-order valence-corrected chi connectivity index (χ2v) is 27.1. The minimum absolute atomic E-state index is 0.0114. The molecule has 5 fully saturated rings. The summed E-state index contributed by atoms with van der Waals surface area (Å²) in [6.07, 6.45) is 2.61. The van der Waals surface area contributed by atoms with Gasteiger partial charge in [-0.05, 0) is 109 Å². The summed E-state index contributed by atoms with van der Waals surface area (Å²) < 4.78 is 41.7. The summed E-state index contributed by atoms with van der Waals surface area (Å²) in [5.74, 6) is -9.61. The summed E-state index contributed by atoms with van der Waals surface area (Å²) in [5.41, 5.74) is -1.48. The summed E-state index contributed by atoms with van der Waals surface area (Å²) in [5, 5.41) is 10.3. The quantitative estimate of drug-likeness (QED) is 0.245. The Morgan fingerprint density at radius 2 is 1.20 bits per heavy atom. The Balaban J connectivity index is 1.52. The number of fused-ring (bicyclic) bond motifs is 1. The molecule has 0 aromatic heterocycles. The molecule has 3 aliphatic carbocycles. The maximum atomic E-state index is 15.1. The second kappa shape index (κ2) is 31.8. The lowest BCUT2D eigenvalue weighted by atomic mass is 9.78. The highest BCUT2D eigenvalue weighted by molar-refractivity contribution is 6.20. The Kier molecular flexibility index (Phi) is 26.4. The van der Waals surface area contributed by atoms with E-state index in [1.54, 1.807) is 27.7 Å². The smallest absolute Gasteiger partial charge is 0.351 e. The van der Waals surface area contributed by atoms with Crippen molar-refractivity contribution in [1.29, 1.82) is 0 Å². The Bertz CT molecular complexity index is 2520. The lowest BCUT2D eigenvalue weighted by Gasteiger charge is -2.39. The first kappa shape index (κ1) is 73.0. The molecule has 3 unspecified atom stereocenters. The average Bonchev–Trinajstić information content (AvgIpc) is 3.81. The molecule has 5 aliphatic rings. The fourth-order valence-electron chi connectivity index (χ4n) is 13.5. The van der Waals surface area contributed by atoms with Gasteiger partial charge in [0.05, 0.1) is 19.0 Å². The number of carbonyl (C=O) groups excluding carboxylic acids is 11. The fraction of sp³-hybridized carbons (Fsp3) is 0.823. The number of hydrogen-bond donors (Lipinski definition) is 4. The summed E-state index contributed by atoms with van der Waals surface area (Å²) >= 11 is 6.36. The molecule has 26 heteroatoms. The van der Waals surface area contributed by atoms with Crippen molar-refractivity contribution in [3.8, 4) is 0 Å². The van der Waals surface area contributed by atoms with Gasteiger partial charge in [0.25, 0.3) is 0 Å². The molecule has 11 amide bonds. The third-order valence-corrected chi connectivity index (χ3v) is 20.2. The number of alkyl halides is 4. The zero-order valence-corrected chi connectivity index (χ0v) is 55.0. The van der Waals surface area contributed by atoms with Gasteiger partial charge in [0.1, 0.15) is 47.8 Å². The van der Waals surface area contributed by atoms with E-state index in [-0.39, 0.29) is 82.6 Å². The lowest BCUT2D eigenvalue weighted by Crippen LogP contribution is -2.64. The van der Waals surface area contributed by atoms with Crippen LogP contribution in [0.25, 0.3) is 0 Å². The number of halogens is 4. The van der Waals surface area contributed by atoms with E-state index in [9.17, 15) is 61.1 Å². The molecule has 88 heavy (non-hydrogen) atoms. The number of nitrogens with zero attached hydrogens (tertiary/aromatic N) is 7. The zero-order valence-electron chi connectivity index (χ0n) is 54.3. The minimum atomic E-state index is -4.49. The van der Waals surface area contributed by atoms with Gasteiger partial charge in [0.2, 0.25) is 65.0 Å². The lowest BCUT2D eigenvalue weighted by molar-refractivity contribution is -0.182. The molecule has 4 N–H and O–H groups in total. The molecule has 12 atom stereocenters. The van der Waals surface area contributed by atoms with Gasteiger partial charge in [-0.3, -0.25) is 52.7 Å². The molecule has 5 rings (SSSR count). The van der Waals surface area contributed by atoms with Crippen LogP contribution in [0.15, 0.2) is 0 Å². The van der Waals surface area contributed by atoms with Crippen LogP contribution in [0.3, 0.4) is 0 Å². The molecule has 22 nitrogen and oxygen atoms in total. The maximum absolute atomic E-state index is 15.1. The van der Waals surface area contributed by atoms with Crippen LogP contribution < -0.4 is 21.3 Å². The van der Waals surface area contributed by atoms with E-state index in [4.69, 9.17) is 11.6 Å². The molecule has 0 bridgehead atoms. The van der Waals surface area contributed by atoms with Gasteiger partial charge >= 0.3 is 6.18 Å². The van der Waals surface area contributed by atoms with Crippen LogP contribution in [0.2, 0.25) is 0 Å². The van der Waals surface area contributed by atoms with Crippen LogP contribution in [-0.4, -0.2) is 227 Å². The van der Waals surface area contributed by atoms with Crippen molar-refractivity contribution in [3.63, 3.8) is 0 Å². The van der Waals surface area contributed by atoms with E-state index < -0.39 is 161 Å². The van der Waals surface area contributed by atoms with E-state index in [0.29, 0.717) is 25.7 Å². The molecule has 0 aromatic rings. The van der Waals surface area contributed by atoms with Gasteiger partial charge in [-0.2, -0.15) is 13.2 Å². The summed E-state index contributed by atoms with van der Waals surface area (Å²) in [6.45, 7) is 10.8. The van der Waals surface area contributed by atoms with Crippen molar-refractivity contribution in [3.05, 3.63) is 0 Å². The first-order valence-corrected chi connectivity index (χ1v) is 32.4. The molecule has 2 heterocycles. The van der Waals surface area contributed by atoms with Crippen molar-refractivity contribution < 1.29 is 65.9 Å². The molecular weight excluding hydrogens is 1170 g/mol. The Labute approximate surface area is 523 Å². The van der Waals surface area contributed by atoms with Crippen LogP contribution in [0.5, 0.6) is 0 Å². The second-order valence-electron chi connectivity index (χ2n) is 26.6. The van der Waals surface area contributed by atoms with Crippen molar-refractivity contribution in [2.24, 2.45) is 29.6 Å². The molecule has 0 aromatic carbocycles. The van der Waals surface area contributed by atoms with Gasteiger partial charge in [0, 0.05) is 66.7 Å². The summed E-state index contributed by atoms with van der Waals surface area (Å²) in [7, 11) is 8.54. The standard InChI is InChI=1S/C62H101ClF3N11O11/c1-14-37(4)51-59(87)72(9)34-49(79)71(8)35-50(80)75(12)47(33-41-21-16-15-17-22-41)58(86)74(11)40(7)53(81)68-45(27-25-42-24-26-43(44(63)32-42)62(64,65)66)57(85)77-30-20-23-46(77)55(83)70-61(28-18-19-29-61)60(88)76(13)52(36(2)3)56(84)67-38(5)31-48(78)73(10)39(6)54(82)69-51/h36-47,51-52H,14-35H2,1-13H3,(H,67,84)(H,68,81)(H,69,82)(H,70,83)/t37-,38+,39-,40+,42?,43?,44?,45-,46-,47-,51-,52-/m0/s1. The third-order valence-electron chi connectivity index (χ3n) is 19.8. The number of nitrogens with one attached hydrogen (secondary N) is 4. The van der Waals surface area contributed by atoms with Crippen LogP contribution in [0.1, 0.15) is 170 Å². The van der Waals surface area contributed by atoms with Crippen LogP contribution in [0.4, 0.5) is 13.2 Å². The Morgan fingerprint density at radius 3 is 1.80 bits per heavy atom. The summed E-state index contributed by atoms with van der Waals surface area (Å²) in [6, 6.07) is -8.89. The number of carbonyl (C=O) groups is 11. The van der Waals surface area contributed by atoms with Gasteiger partial charge in [-0.1, -0.05) is 79.1 Å². The van der Waals surface area contributed by atoms with Gasteiger partial charge in [-0.25, -0.2) is 0 Å². The third kappa shape index (κ3) is 18.2. The largest absolute Gasteiger partial charge is 0.393 e. The van der Waals surface area contributed by atoms with E-state index in [1.165, 1.54) is 80.6 Å². The fourth-order valence-corrected chi connectivity index (χ4v) is 14.0.